The Morgan fingerprint density at radius 2 is 2.22 bits per heavy atom. The highest BCUT2D eigenvalue weighted by Crippen LogP contribution is 2.20. The van der Waals surface area contributed by atoms with Crippen LogP contribution in [0.2, 0.25) is 0 Å². The van der Waals surface area contributed by atoms with Gasteiger partial charge in [0, 0.05) is 17.7 Å². The van der Waals surface area contributed by atoms with E-state index in [1.165, 1.54) is 12.1 Å². The molecule has 0 spiro atoms. The number of aryl methyl sites for hydroxylation is 2. The number of rotatable bonds is 2. The van der Waals surface area contributed by atoms with Gasteiger partial charge in [0.15, 0.2) is 0 Å². The average molecular weight is 312 g/mol. The first-order chi connectivity index (χ1) is 8.47. The topological polar surface area (TPSA) is 46.9 Å². The fraction of sp³-hybridized carbons (Fsp3) is 0.167. The quantitative estimate of drug-likeness (QED) is 0.927. The molecule has 1 aromatic carbocycles. The summed E-state index contributed by atoms with van der Waals surface area (Å²) in [5.74, 6) is -0.860. The Morgan fingerprint density at radius 3 is 2.78 bits per heavy atom. The molecule has 0 saturated carbocycles. The third kappa shape index (κ3) is 2.59. The number of aromatic nitrogens is 2. The Bertz CT molecular complexity index is 609. The minimum Gasteiger partial charge on any atom is -0.319 e. The van der Waals surface area contributed by atoms with Crippen LogP contribution in [0.4, 0.5) is 10.1 Å². The lowest BCUT2D eigenvalue weighted by atomic mass is 10.2. The van der Waals surface area contributed by atoms with Gasteiger partial charge in [-0.05, 0) is 25.1 Å². The molecule has 0 atom stereocenters. The SMILES string of the molecule is Cc1nn(C)cc1C(=O)Nc1ccc(Br)cc1F. The van der Waals surface area contributed by atoms with Crippen LogP contribution in [-0.4, -0.2) is 15.7 Å². The molecule has 4 nitrogen and oxygen atoms in total. The molecule has 1 aromatic heterocycles. The molecule has 2 aromatic rings. The first kappa shape index (κ1) is 12.8. The summed E-state index contributed by atoms with van der Waals surface area (Å²) in [5, 5.41) is 6.58. The van der Waals surface area contributed by atoms with E-state index in [4.69, 9.17) is 0 Å². The average Bonchev–Trinajstić information content (AvgIpc) is 2.62. The molecule has 1 heterocycles. The van der Waals surface area contributed by atoms with Crippen molar-refractivity contribution in [1.82, 2.24) is 9.78 Å². The highest BCUT2D eigenvalue weighted by atomic mass is 79.9. The maximum atomic E-state index is 13.6. The number of hydrogen-bond donors (Lipinski definition) is 1. The third-order valence-corrected chi connectivity index (χ3v) is 2.93. The van der Waals surface area contributed by atoms with Crippen LogP contribution in [0.1, 0.15) is 16.1 Å². The van der Waals surface area contributed by atoms with E-state index >= 15 is 0 Å². The molecule has 0 radical (unpaired) electrons. The lowest BCUT2D eigenvalue weighted by molar-refractivity contribution is 0.102. The van der Waals surface area contributed by atoms with Crippen molar-refractivity contribution in [1.29, 1.82) is 0 Å². The number of carbonyl (C=O) groups is 1. The maximum Gasteiger partial charge on any atom is 0.259 e. The van der Waals surface area contributed by atoms with Gasteiger partial charge in [-0.15, -0.1) is 0 Å². The molecule has 0 saturated heterocycles. The second-order valence-electron chi connectivity index (χ2n) is 3.88. The normalized spacial score (nSPS) is 10.4. The van der Waals surface area contributed by atoms with Gasteiger partial charge in [-0.3, -0.25) is 9.48 Å². The van der Waals surface area contributed by atoms with E-state index in [1.807, 2.05) is 0 Å². The van der Waals surface area contributed by atoms with Crippen molar-refractivity contribution in [2.24, 2.45) is 7.05 Å². The van der Waals surface area contributed by atoms with Crippen LogP contribution >= 0.6 is 15.9 Å². The molecule has 0 aliphatic carbocycles. The van der Waals surface area contributed by atoms with Crippen molar-refractivity contribution in [3.63, 3.8) is 0 Å². The van der Waals surface area contributed by atoms with Crippen molar-refractivity contribution >= 4 is 27.5 Å². The number of amides is 1. The summed E-state index contributed by atoms with van der Waals surface area (Å²) >= 11 is 3.16. The fourth-order valence-corrected chi connectivity index (χ4v) is 1.94. The van der Waals surface area contributed by atoms with Gasteiger partial charge >= 0.3 is 0 Å². The van der Waals surface area contributed by atoms with E-state index in [-0.39, 0.29) is 11.6 Å². The van der Waals surface area contributed by atoms with Crippen molar-refractivity contribution < 1.29 is 9.18 Å². The Labute approximate surface area is 112 Å². The van der Waals surface area contributed by atoms with Crippen LogP contribution in [0.3, 0.4) is 0 Å². The molecule has 0 fully saturated rings. The lowest BCUT2D eigenvalue weighted by Gasteiger charge is -2.05. The molecular weight excluding hydrogens is 301 g/mol. The minimum absolute atomic E-state index is 0.145. The first-order valence-electron chi connectivity index (χ1n) is 5.24. The second-order valence-corrected chi connectivity index (χ2v) is 4.80. The number of nitrogens with zero attached hydrogens (tertiary/aromatic N) is 2. The van der Waals surface area contributed by atoms with E-state index in [9.17, 15) is 9.18 Å². The highest BCUT2D eigenvalue weighted by molar-refractivity contribution is 9.10. The summed E-state index contributed by atoms with van der Waals surface area (Å²) in [6.45, 7) is 1.73. The number of carbonyl (C=O) groups excluding carboxylic acids is 1. The zero-order valence-electron chi connectivity index (χ0n) is 9.87. The van der Waals surface area contributed by atoms with Crippen molar-refractivity contribution in [2.45, 2.75) is 6.92 Å². The van der Waals surface area contributed by atoms with Gasteiger partial charge in [-0.25, -0.2) is 4.39 Å². The highest BCUT2D eigenvalue weighted by Gasteiger charge is 2.14. The molecular formula is C12H11BrFN3O. The monoisotopic (exact) mass is 311 g/mol. The minimum atomic E-state index is -0.487. The Kier molecular flexibility index (Phi) is 3.47. The molecule has 1 N–H and O–H groups in total. The van der Waals surface area contributed by atoms with Gasteiger partial charge in [-0.1, -0.05) is 15.9 Å². The maximum absolute atomic E-state index is 13.6. The number of hydrogen-bond acceptors (Lipinski definition) is 2. The third-order valence-electron chi connectivity index (χ3n) is 2.44. The van der Waals surface area contributed by atoms with E-state index in [0.29, 0.717) is 15.7 Å². The van der Waals surface area contributed by atoms with E-state index in [2.05, 4.69) is 26.3 Å². The van der Waals surface area contributed by atoms with Gasteiger partial charge in [0.1, 0.15) is 5.82 Å². The van der Waals surface area contributed by atoms with Gasteiger partial charge in [-0.2, -0.15) is 5.10 Å². The van der Waals surface area contributed by atoms with E-state index in [0.717, 1.165) is 0 Å². The predicted molar refractivity (Wildman–Crippen MR) is 70.0 cm³/mol. The molecule has 2 rings (SSSR count). The number of anilines is 1. The lowest BCUT2D eigenvalue weighted by Crippen LogP contribution is -2.13. The molecule has 0 aliphatic rings. The Morgan fingerprint density at radius 1 is 1.50 bits per heavy atom. The Hall–Kier alpha value is -1.69. The van der Waals surface area contributed by atoms with Gasteiger partial charge in [0.2, 0.25) is 0 Å². The molecule has 0 bridgehead atoms. The van der Waals surface area contributed by atoms with E-state index in [1.54, 1.807) is 30.9 Å². The molecule has 94 valence electrons. The second kappa shape index (κ2) is 4.89. The van der Waals surface area contributed by atoms with E-state index < -0.39 is 5.82 Å². The number of halogens is 2. The van der Waals surface area contributed by atoms with Crippen LogP contribution in [0.25, 0.3) is 0 Å². The molecule has 1 amide bonds. The molecule has 0 aliphatic heterocycles. The summed E-state index contributed by atoms with van der Waals surface area (Å²) in [6, 6.07) is 4.46. The van der Waals surface area contributed by atoms with Crippen LogP contribution in [0.15, 0.2) is 28.9 Å². The standard InChI is InChI=1S/C12H11BrFN3O/c1-7-9(6-17(2)16-7)12(18)15-11-4-3-8(13)5-10(11)14/h3-6H,1-2H3,(H,15,18). The number of benzene rings is 1. The van der Waals surface area contributed by atoms with Crippen LogP contribution in [-0.2, 0) is 7.05 Å². The van der Waals surface area contributed by atoms with Gasteiger partial charge < -0.3 is 5.32 Å². The van der Waals surface area contributed by atoms with Crippen LogP contribution < -0.4 is 5.32 Å². The summed E-state index contributed by atoms with van der Waals surface area (Å²) in [5.41, 5.74) is 1.18. The summed E-state index contributed by atoms with van der Waals surface area (Å²) in [4.78, 5) is 11.9. The molecule has 0 unspecified atom stereocenters. The number of nitrogens with one attached hydrogen (secondary N) is 1. The zero-order valence-corrected chi connectivity index (χ0v) is 11.5. The van der Waals surface area contributed by atoms with Crippen molar-refractivity contribution in [3.05, 3.63) is 45.9 Å². The summed E-state index contributed by atoms with van der Waals surface area (Å²) < 4.78 is 15.7. The molecule has 6 heteroatoms. The van der Waals surface area contributed by atoms with Gasteiger partial charge in [0.25, 0.3) is 5.91 Å². The Balaban J connectivity index is 2.24. The smallest absolute Gasteiger partial charge is 0.259 e. The summed E-state index contributed by atoms with van der Waals surface area (Å²) in [7, 11) is 1.73. The zero-order chi connectivity index (χ0) is 13.3. The van der Waals surface area contributed by atoms with Crippen molar-refractivity contribution in [3.8, 4) is 0 Å². The fourth-order valence-electron chi connectivity index (χ4n) is 1.60. The largest absolute Gasteiger partial charge is 0.319 e. The first-order valence-corrected chi connectivity index (χ1v) is 6.03. The summed E-state index contributed by atoms with van der Waals surface area (Å²) in [6.07, 6.45) is 1.60. The van der Waals surface area contributed by atoms with Crippen molar-refractivity contribution in [2.75, 3.05) is 5.32 Å². The van der Waals surface area contributed by atoms with Crippen LogP contribution in [0.5, 0.6) is 0 Å². The van der Waals surface area contributed by atoms with Gasteiger partial charge in [0.05, 0.1) is 16.9 Å². The predicted octanol–water partition coefficient (Wildman–Crippen LogP) is 2.88. The molecule has 18 heavy (non-hydrogen) atoms. The van der Waals surface area contributed by atoms with Crippen LogP contribution in [0, 0.1) is 12.7 Å².